The highest BCUT2D eigenvalue weighted by atomic mass is 32.2. The summed E-state index contributed by atoms with van der Waals surface area (Å²) < 4.78 is 29.2. The van der Waals surface area contributed by atoms with Gasteiger partial charge in [-0.05, 0) is 23.6 Å². The Bertz CT molecular complexity index is 898. The van der Waals surface area contributed by atoms with Crippen LogP contribution in [0.3, 0.4) is 0 Å². The summed E-state index contributed by atoms with van der Waals surface area (Å²) in [4.78, 5) is 4.56. The molecule has 108 valence electrons. The van der Waals surface area contributed by atoms with Crippen LogP contribution < -0.4 is 0 Å². The molecule has 7 heteroatoms. The molecule has 1 aliphatic rings. The Morgan fingerprint density at radius 1 is 1.10 bits per heavy atom. The predicted octanol–water partition coefficient (Wildman–Crippen LogP) is 2.30. The maximum atomic E-state index is 12.6. The van der Waals surface area contributed by atoms with E-state index in [4.69, 9.17) is 0 Å². The number of hydrogen-bond donors (Lipinski definition) is 0. The number of rotatable bonds is 2. The van der Waals surface area contributed by atoms with Gasteiger partial charge in [-0.1, -0.05) is 18.2 Å². The first-order chi connectivity index (χ1) is 10.2. The third-order valence-electron chi connectivity index (χ3n) is 3.71. The predicted molar refractivity (Wildman–Crippen MR) is 81.6 cm³/mol. The van der Waals surface area contributed by atoms with Crippen LogP contribution in [0.2, 0.25) is 0 Å². The van der Waals surface area contributed by atoms with E-state index in [0.717, 1.165) is 16.9 Å². The van der Waals surface area contributed by atoms with Crippen LogP contribution in [-0.4, -0.2) is 28.8 Å². The van der Waals surface area contributed by atoms with Gasteiger partial charge in [-0.25, -0.2) is 13.4 Å². The van der Waals surface area contributed by atoms with E-state index in [9.17, 15) is 8.42 Å². The molecule has 0 amide bonds. The highest BCUT2D eigenvalue weighted by Crippen LogP contribution is 2.26. The van der Waals surface area contributed by atoms with Crippen molar-refractivity contribution in [2.75, 3.05) is 6.54 Å². The minimum absolute atomic E-state index is 0.328. The van der Waals surface area contributed by atoms with Gasteiger partial charge in [-0.15, -0.1) is 11.3 Å². The highest BCUT2D eigenvalue weighted by molar-refractivity contribution is 7.91. The van der Waals surface area contributed by atoms with Crippen molar-refractivity contribution in [3.63, 3.8) is 0 Å². The molecule has 0 aliphatic carbocycles. The Labute approximate surface area is 126 Å². The lowest BCUT2D eigenvalue weighted by atomic mass is 10.3. The smallest absolute Gasteiger partial charge is 0.253 e. The zero-order valence-corrected chi connectivity index (χ0v) is 12.8. The summed E-state index contributed by atoms with van der Waals surface area (Å²) in [7, 11) is -3.40. The molecule has 1 aliphatic heterocycles. The van der Waals surface area contributed by atoms with Crippen molar-refractivity contribution in [3.05, 3.63) is 47.6 Å². The molecule has 3 aromatic rings. The second-order valence-corrected chi connectivity index (χ2v) is 8.05. The van der Waals surface area contributed by atoms with Gasteiger partial charge in [-0.2, -0.15) is 4.31 Å². The van der Waals surface area contributed by atoms with Crippen molar-refractivity contribution in [1.82, 2.24) is 13.9 Å². The van der Waals surface area contributed by atoms with Crippen molar-refractivity contribution in [2.24, 2.45) is 0 Å². The molecule has 5 nitrogen and oxygen atoms in total. The van der Waals surface area contributed by atoms with E-state index in [1.165, 1.54) is 15.6 Å². The largest absolute Gasteiger partial charge is 0.326 e. The lowest BCUT2D eigenvalue weighted by molar-refractivity contribution is 0.340. The molecule has 0 atom stereocenters. The van der Waals surface area contributed by atoms with E-state index in [1.54, 1.807) is 17.5 Å². The second-order valence-electron chi connectivity index (χ2n) is 4.94. The summed E-state index contributed by atoms with van der Waals surface area (Å²) >= 11 is 1.25. The van der Waals surface area contributed by atoms with E-state index >= 15 is 0 Å². The average molecular weight is 319 g/mol. The number of sulfonamides is 1. The Morgan fingerprint density at radius 3 is 2.76 bits per heavy atom. The Balaban J connectivity index is 1.74. The normalized spacial score (nSPS) is 16.2. The summed E-state index contributed by atoms with van der Waals surface area (Å²) in [5, 5.41) is 1.78. The Hall–Kier alpha value is -1.70. The molecule has 0 unspecified atom stereocenters. The monoisotopic (exact) mass is 319 g/mol. The van der Waals surface area contributed by atoms with Crippen molar-refractivity contribution >= 4 is 32.4 Å². The minimum atomic E-state index is -3.40. The van der Waals surface area contributed by atoms with E-state index < -0.39 is 10.0 Å². The molecular formula is C14H13N3O2S2. The van der Waals surface area contributed by atoms with Crippen LogP contribution in [0.15, 0.2) is 46.0 Å². The van der Waals surface area contributed by atoms with Gasteiger partial charge >= 0.3 is 0 Å². The fourth-order valence-corrected chi connectivity index (χ4v) is 5.22. The highest BCUT2D eigenvalue weighted by Gasteiger charge is 2.30. The Kier molecular flexibility index (Phi) is 2.88. The third kappa shape index (κ3) is 2.00. The number of thiophene rings is 1. The van der Waals surface area contributed by atoms with E-state index in [0.29, 0.717) is 23.8 Å². The first kappa shape index (κ1) is 13.0. The number of aromatic nitrogens is 2. The number of para-hydroxylation sites is 2. The van der Waals surface area contributed by atoms with Crippen LogP contribution in [0.25, 0.3) is 11.0 Å². The number of benzene rings is 1. The van der Waals surface area contributed by atoms with Crippen molar-refractivity contribution in [1.29, 1.82) is 0 Å². The summed E-state index contributed by atoms with van der Waals surface area (Å²) in [6.07, 6.45) is 0. The van der Waals surface area contributed by atoms with Gasteiger partial charge in [0, 0.05) is 13.1 Å². The summed E-state index contributed by atoms with van der Waals surface area (Å²) in [6.45, 7) is 1.45. The SMILES string of the molecule is O=S(=O)(c1cccs1)N1CCn2c(nc3ccccc32)C1. The van der Waals surface area contributed by atoms with E-state index in [2.05, 4.69) is 9.55 Å². The fourth-order valence-electron chi connectivity index (χ4n) is 2.69. The van der Waals surface area contributed by atoms with Crippen LogP contribution in [0.5, 0.6) is 0 Å². The van der Waals surface area contributed by atoms with Crippen molar-refractivity contribution in [3.8, 4) is 0 Å². The quantitative estimate of drug-likeness (QED) is 0.728. The molecule has 4 rings (SSSR count). The zero-order valence-electron chi connectivity index (χ0n) is 11.1. The maximum absolute atomic E-state index is 12.6. The van der Waals surface area contributed by atoms with Crippen LogP contribution in [0, 0.1) is 0 Å². The number of nitrogens with zero attached hydrogens (tertiary/aromatic N) is 3. The average Bonchev–Trinajstić information content (AvgIpc) is 3.14. The summed E-state index contributed by atoms with van der Waals surface area (Å²) in [5.41, 5.74) is 1.99. The topological polar surface area (TPSA) is 55.2 Å². The summed E-state index contributed by atoms with van der Waals surface area (Å²) in [6, 6.07) is 11.3. The fraction of sp³-hybridized carbons (Fsp3) is 0.214. The van der Waals surface area contributed by atoms with Crippen LogP contribution >= 0.6 is 11.3 Å². The lowest BCUT2D eigenvalue weighted by Crippen LogP contribution is -2.38. The van der Waals surface area contributed by atoms with Gasteiger partial charge in [-0.3, -0.25) is 0 Å². The molecule has 0 radical (unpaired) electrons. The van der Waals surface area contributed by atoms with Gasteiger partial charge in [0.25, 0.3) is 10.0 Å². The number of imidazole rings is 1. The molecule has 0 bridgehead atoms. The zero-order chi connectivity index (χ0) is 14.4. The van der Waals surface area contributed by atoms with E-state index in [1.807, 2.05) is 24.3 Å². The Morgan fingerprint density at radius 2 is 1.95 bits per heavy atom. The van der Waals surface area contributed by atoms with Gasteiger partial charge < -0.3 is 4.57 Å². The first-order valence-corrected chi connectivity index (χ1v) is 8.96. The first-order valence-electron chi connectivity index (χ1n) is 6.64. The molecular weight excluding hydrogens is 306 g/mol. The summed E-state index contributed by atoms with van der Waals surface area (Å²) in [5.74, 6) is 0.808. The van der Waals surface area contributed by atoms with Gasteiger partial charge in [0.2, 0.25) is 0 Å². The molecule has 0 N–H and O–H groups in total. The van der Waals surface area contributed by atoms with Gasteiger partial charge in [0.15, 0.2) is 0 Å². The molecule has 3 heterocycles. The standard InChI is InChI=1S/C14H13N3O2S2/c18-21(19,14-6-3-9-20-14)16-7-8-17-12-5-2-1-4-11(12)15-13(17)10-16/h1-6,9H,7-8,10H2. The van der Waals surface area contributed by atoms with Crippen LogP contribution in [0.1, 0.15) is 5.82 Å². The van der Waals surface area contributed by atoms with Crippen molar-refractivity contribution < 1.29 is 8.42 Å². The minimum Gasteiger partial charge on any atom is -0.326 e. The molecule has 1 aromatic carbocycles. The maximum Gasteiger partial charge on any atom is 0.253 e. The number of hydrogen-bond acceptors (Lipinski definition) is 4. The molecule has 0 saturated carbocycles. The van der Waals surface area contributed by atoms with Crippen molar-refractivity contribution in [2.45, 2.75) is 17.3 Å². The van der Waals surface area contributed by atoms with Crippen LogP contribution in [-0.2, 0) is 23.1 Å². The third-order valence-corrected chi connectivity index (χ3v) is 6.93. The number of fused-ring (bicyclic) bond motifs is 3. The van der Waals surface area contributed by atoms with Gasteiger partial charge in [0.05, 0.1) is 17.6 Å². The molecule has 0 fully saturated rings. The van der Waals surface area contributed by atoms with E-state index in [-0.39, 0.29) is 0 Å². The molecule has 0 saturated heterocycles. The lowest BCUT2D eigenvalue weighted by Gasteiger charge is -2.26. The van der Waals surface area contributed by atoms with Crippen LogP contribution in [0.4, 0.5) is 0 Å². The van der Waals surface area contributed by atoms with Gasteiger partial charge in [0.1, 0.15) is 10.0 Å². The molecule has 21 heavy (non-hydrogen) atoms. The molecule has 0 spiro atoms. The second kappa shape index (κ2) is 4.66. The molecule has 2 aromatic heterocycles.